The molecule has 1 unspecified atom stereocenters. The number of halogens is 2. The lowest BCUT2D eigenvalue weighted by atomic mass is 10.1. The highest BCUT2D eigenvalue weighted by Gasteiger charge is 2.23. The summed E-state index contributed by atoms with van der Waals surface area (Å²) in [6.45, 7) is 3.54. The van der Waals surface area contributed by atoms with Gasteiger partial charge >= 0.3 is 0 Å². The predicted octanol–water partition coefficient (Wildman–Crippen LogP) is 3.15. The van der Waals surface area contributed by atoms with Crippen LogP contribution in [0.1, 0.15) is 22.9 Å². The summed E-state index contributed by atoms with van der Waals surface area (Å²) in [5.74, 6) is -0.210. The molecule has 0 aliphatic carbocycles. The van der Waals surface area contributed by atoms with Gasteiger partial charge in [-0.05, 0) is 30.7 Å². The molecule has 4 aromatic rings. The van der Waals surface area contributed by atoms with E-state index in [0.717, 1.165) is 28.9 Å². The van der Waals surface area contributed by atoms with E-state index in [2.05, 4.69) is 16.3 Å². The molecule has 9 nitrogen and oxygen atoms in total. The van der Waals surface area contributed by atoms with Crippen LogP contribution in [-0.2, 0) is 13.0 Å². The largest absolute Gasteiger partial charge is 0.481 e. The highest BCUT2D eigenvalue weighted by atomic mass is 35.5. The minimum atomic E-state index is -0.783. The molecule has 11 heteroatoms. The molecule has 1 N–H and O–H groups in total. The standard InChI is InChI=1S/C23H21ClFN7O2/c1-14-18-4-5-30(13-26)6-7-31(18)29-22(14)16-8-19(23-17(24)10-28-32(23)11-16)34-20(12-33)15-2-3-21(25)27-9-15/h2-3,8-11,20,33H,4-7,12H2,1H3. The average Bonchev–Trinajstić information content (AvgIpc) is 3.29. The van der Waals surface area contributed by atoms with E-state index in [1.807, 2.05) is 23.9 Å². The van der Waals surface area contributed by atoms with Crippen LogP contribution in [0, 0.1) is 24.3 Å². The van der Waals surface area contributed by atoms with Gasteiger partial charge in [0.1, 0.15) is 17.4 Å². The molecule has 0 saturated heterocycles. The number of pyridine rings is 2. The van der Waals surface area contributed by atoms with Crippen molar-refractivity contribution in [3.8, 4) is 23.2 Å². The second kappa shape index (κ2) is 8.93. The third-order valence-corrected chi connectivity index (χ3v) is 6.30. The monoisotopic (exact) mass is 481 g/mol. The molecule has 5 rings (SSSR count). The number of ether oxygens (including phenoxy) is 1. The first kappa shape index (κ1) is 22.1. The van der Waals surface area contributed by atoms with Crippen molar-refractivity contribution in [1.82, 2.24) is 29.3 Å². The number of fused-ring (bicyclic) bond motifs is 2. The summed E-state index contributed by atoms with van der Waals surface area (Å²) in [7, 11) is 0. The summed E-state index contributed by atoms with van der Waals surface area (Å²) in [6.07, 6.45) is 6.83. The van der Waals surface area contributed by atoms with Crippen LogP contribution in [0.15, 0.2) is 36.8 Å². The zero-order valence-corrected chi connectivity index (χ0v) is 19.1. The molecule has 34 heavy (non-hydrogen) atoms. The van der Waals surface area contributed by atoms with Crippen molar-refractivity contribution in [3.05, 3.63) is 64.6 Å². The fourth-order valence-electron chi connectivity index (χ4n) is 4.24. The van der Waals surface area contributed by atoms with Gasteiger partial charge in [0.25, 0.3) is 0 Å². The topological polar surface area (TPSA) is 104 Å². The van der Waals surface area contributed by atoms with Gasteiger partial charge in [-0.2, -0.15) is 19.8 Å². The van der Waals surface area contributed by atoms with Crippen molar-refractivity contribution in [2.75, 3.05) is 19.7 Å². The Kier molecular flexibility index (Phi) is 5.81. The summed E-state index contributed by atoms with van der Waals surface area (Å²) >= 11 is 6.39. The average molecular weight is 482 g/mol. The van der Waals surface area contributed by atoms with Crippen LogP contribution < -0.4 is 4.74 Å². The lowest BCUT2D eigenvalue weighted by Gasteiger charge is -2.18. The Morgan fingerprint density at radius 1 is 1.29 bits per heavy atom. The SMILES string of the molecule is Cc1c(-c2cc(OC(CO)c3ccc(F)nc3)c3c(Cl)cnn3c2)nn2c1CCN(C#N)CC2. The quantitative estimate of drug-likeness (QED) is 0.345. The summed E-state index contributed by atoms with van der Waals surface area (Å²) in [6, 6.07) is 4.55. The first-order chi connectivity index (χ1) is 16.5. The molecule has 1 atom stereocenters. The number of aliphatic hydroxyl groups is 1. The van der Waals surface area contributed by atoms with Gasteiger partial charge in [-0.15, -0.1) is 0 Å². The summed E-state index contributed by atoms with van der Waals surface area (Å²) in [5.41, 5.74) is 4.72. The van der Waals surface area contributed by atoms with Crippen LogP contribution >= 0.6 is 11.6 Å². The first-order valence-corrected chi connectivity index (χ1v) is 11.1. The van der Waals surface area contributed by atoms with Gasteiger partial charge in [0.15, 0.2) is 6.19 Å². The minimum Gasteiger partial charge on any atom is -0.481 e. The fraction of sp³-hybridized carbons (Fsp3) is 0.304. The van der Waals surface area contributed by atoms with Gasteiger partial charge in [0, 0.05) is 48.7 Å². The molecular formula is C23H21ClFN7O2. The van der Waals surface area contributed by atoms with Crippen molar-refractivity contribution in [3.63, 3.8) is 0 Å². The van der Waals surface area contributed by atoms with E-state index in [9.17, 15) is 14.8 Å². The molecule has 174 valence electrons. The number of nitrogens with zero attached hydrogens (tertiary/aromatic N) is 7. The summed E-state index contributed by atoms with van der Waals surface area (Å²) < 4.78 is 23.0. The second-order valence-corrected chi connectivity index (χ2v) is 8.47. The molecule has 1 aliphatic rings. The third kappa shape index (κ3) is 3.93. The van der Waals surface area contributed by atoms with Crippen LogP contribution in [0.25, 0.3) is 16.8 Å². The van der Waals surface area contributed by atoms with E-state index in [1.54, 1.807) is 9.42 Å². The molecule has 5 heterocycles. The number of hydrogen-bond donors (Lipinski definition) is 1. The van der Waals surface area contributed by atoms with Crippen LogP contribution in [-0.4, -0.2) is 54.1 Å². The number of hydrogen-bond acceptors (Lipinski definition) is 7. The number of nitriles is 1. The molecule has 1 aliphatic heterocycles. The van der Waals surface area contributed by atoms with Gasteiger partial charge < -0.3 is 14.7 Å². The highest BCUT2D eigenvalue weighted by Crippen LogP contribution is 2.36. The number of aliphatic hydroxyl groups excluding tert-OH is 1. The zero-order chi connectivity index (χ0) is 23.8. The van der Waals surface area contributed by atoms with E-state index < -0.39 is 12.1 Å². The Labute approximate surface area is 199 Å². The van der Waals surface area contributed by atoms with Crippen LogP contribution in [0.3, 0.4) is 0 Å². The number of rotatable bonds is 5. The predicted molar refractivity (Wildman–Crippen MR) is 122 cm³/mol. The van der Waals surface area contributed by atoms with Crippen molar-refractivity contribution >= 4 is 17.1 Å². The molecule has 0 fully saturated rings. The van der Waals surface area contributed by atoms with E-state index in [-0.39, 0.29) is 6.61 Å². The van der Waals surface area contributed by atoms with Crippen molar-refractivity contribution in [2.45, 2.75) is 26.0 Å². The molecule has 4 aromatic heterocycles. The van der Waals surface area contributed by atoms with Crippen LogP contribution in [0.4, 0.5) is 4.39 Å². The lowest BCUT2D eigenvalue weighted by molar-refractivity contribution is 0.117. The van der Waals surface area contributed by atoms with E-state index >= 15 is 0 Å². The Bertz CT molecular complexity index is 1390. The van der Waals surface area contributed by atoms with Crippen LogP contribution in [0.5, 0.6) is 5.75 Å². The smallest absolute Gasteiger partial charge is 0.212 e. The summed E-state index contributed by atoms with van der Waals surface area (Å²) in [5, 5.41) is 28.7. The molecule has 0 amide bonds. The Balaban J connectivity index is 1.56. The first-order valence-electron chi connectivity index (χ1n) is 10.8. The summed E-state index contributed by atoms with van der Waals surface area (Å²) in [4.78, 5) is 5.39. The van der Waals surface area contributed by atoms with E-state index in [0.29, 0.717) is 41.5 Å². The Morgan fingerprint density at radius 2 is 2.15 bits per heavy atom. The highest BCUT2D eigenvalue weighted by molar-refractivity contribution is 6.34. The van der Waals surface area contributed by atoms with E-state index in [1.165, 1.54) is 24.5 Å². The normalized spacial score (nSPS) is 14.5. The van der Waals surface area contributed by atoms with Crippen molar-refractivity contribution in [1.29, 1.82) is 5.26 Å². The Hall–Kier alpha value is -3.68. The number of aromatic nitrogens is 5. The molecule has 0 bridgehead atoms. The maximum absolute atomic E-state index is 13.3. The fourth-order valence-corrected chi connectivity index (χ4v) is 4.46. The molecular weight excluding hydrogens is 461 g/mol. The van der Waals surface area contributed by atoms with Crippen molar-refractivity contribution < 1.29 is 14.2 Å². The van der Waals surface area contributed by atoms with Gasteiger partial charge in [0.2, 0.25) is 5.95 Å². The second-order valence-electron chi connectivity index (χ2n) is 8.06. The zero-order valence-electron chi connectivity index (χ0n) is 18.3. The molecule has 0 radical (unpaired) electrons. The van der Waals surface area contributed by atoms with Crippen LogP contribution in [0.2, 0.25) is 5.02 Å². The third-order valence-electron chi connectivity index (χ3n) is 6.02. The maximum Gasteiger partial charge on any atom is 0.212 e. The Morgan fingerprint density at radius 3 is 2.88 bits per heavy atom. The lowest BCUT2D eigenvalue weighted by Crippen LogP contribution is -2.21. The van der Waals surface area contributed by atoms with Gasteiger partial charge in [-0.25, -0.2) is 9.50 Å². The van der Waals surface area contributed by atoms with Gasteiger partial charge in [-0.3, -0.25) is 4.68 Å². The van der Waals surface area contributed by atoms with Gasteiger partial charge in [-0.1, -0.05) is 11.6 Å². The van der Waals surface area contributed by atoms with E-state index in [4.69, 9.17) is 21.4 Å². The molecule has 0 spiro atoms. The van der Waals surface area contributed by atoms with Crippen molar-refractivity contribution in [2.24, 2.45) is 0 Å². The minimum absolute atomic E-state index is 0.345. The molecule has 0 aromatic carbocycles. The van der Waals surface area contributed by atoms with Gasteiger partial charge in [0.05, 0.1) is 30.1 Å². The molecule has 0 saturated carbocycles. The maximum atomic E-state index is 13.3.